The van der Waals surface area contributed by atoms with Crippen molar-refractivity contribution in [2.45, 2.75) is 18.3 Å². The van der Waals surface area contributed by atoms with Gasteiger partial charge in [0.05, 0.1) is 11.1 Å². The molecule has 3 nitrogen and oxygen atoms in total. The summed E-state index contributed by atoms with van der Waals surface area (Å²) >= 11 is 0. The van der Waals surface area contributed by atoms with Gasteiger partial charge in [0, 0.05) is 7.05 Å². The molecule has 0 radical (unpaired) electrons. The maximum absolute atomic E-state index is 12.8. The Balaban J connectivity index is 2.77. The third kappa shape index (κ3) is 2.53. The van der Waals surface area contributed by atoms with Crippen LogP contribution < -0.4 is 0 Å². The van der Waals surface area contributed by atoms with Gasteiger partial charge in [-0.25, -0.2) is 4.98 Å². The maximum Gasteiger partial charge on any atom is 0.407 e. The third-order valence-corrected chi connectivity index (χ3v) is 2.98. The lowest BCUT2D eigenvalue weighted by Gasteiger charge is -2.22. The van der Waals surface area contributed by atoms with Crippen molar-refractivity contribution in [2.75, 3.05) is 0 Å². The van der Waals surface area contributed by atoms with Gasteiger partial charge in [-0.3, -0.25) is 0 Å². The number of aromatic nitrogens is 2. The SMILES string of the molecule is Cn1c(C(C(F)(F)F)C(F)(F)F)nc2c(C#N)cccc21. The molecule has 2 rings (SSSR count). The Morgan fingerprint density at radius 3 is 2.19 bits per heavy atom. The smallest absolute Gasteiger partial charge is 0.330 e. The number of halogens is 6. The van der Waals surface area contributed by atoms with E-state index in [0.29, 0.717) is 4.57 Å². The summed E-state index contributed by atoms with van der Waals surface area (Å²) in [5.41, 5.74) is -0.240. The van der Waals surface area contributed by atoms with Crippen LogP contribution in [0.4, 0.5) is 26.3 Å². The molecule has 1 aromatic heterocycles. The molecule has 21 heavy (non-hydrogen) atoms. The molecule has 0 N–H and O–H groups in total. The van der Waals surface area contributed by atoms with Crippen LogP contribution in [0, 0.1) is 11.3 Å². The van der Waals surface area contributed by atoms with E-state index < -0.39 is 24.1 Å². The number of alkyl halides is 6. The number of fused-ring (bicyclic) bond motifs is 1. The van der Waals surface area contributed by atoms with Gasteiger partial charge in [-0.2, -0.15) is 31.6 Å². The molecule has 0 fully saturated rings. The van der Waals surface area contributed by atoms with Crippen LogP contribution in [-0.2, 0) is 7.05 Å². The van der Waals surface area contributed by atoms with E-state index in [4.69, 9.17) is 5.26 Å². The first-order valence-electron chi connectivity index (χ1n) is 5.56. The molecule has 2 aromatic rings. The summed E-state index contributed by atoms with van der Waals surface area (Å²) < 4.78 is 77.2. The minimum absolute atomic E-state index is 0.0301. The van der Waals surface area contributed by atoms with Crippen LogP contribution in [0.25, 0.3) is 11.0 Å². The Kier molecular flexibility index (Phi) is 3.35. The minimum atomic E-state index is -5.53. The lowest BCUT2D eigenvalue weighted by molar-refractivity contribution is -0.255. The highest BCUT2D eigenvalue weighted by Crippen LogP contribution is 2.46. The van der Waals surface area contributed by atoms with Crippen molar-refractivity contribution in [3.05, 3.63) is 29.6 Å². The second-order valence-electron chi connectivity index (χ2n) is 4.33. The number of benzene rings is 1. The van der Waals surface area contributed by atoms with Gasteiger partial charge in [0.1, 0.15) is 17.4 Å². The fraction of sp³-hybridized carbons (Fsp3) is 0.333. The lowest BCUT2D eigenvalue weighted by atomic mass is 10.1. The molecule has 112 valence electrons. The minimum Gasteiger partial charge on any atom is -0.330 e. The van der Waals surface area contributed by atoms with Crippen molar-refractivity contribution in [3.63, 3.8) is 0 Å². The molecule has 1 aromatic carbocycles. The van der Waals surface area contributed by atoms with Crippen LogP contribution in [0.15, 0.2) is 18.2 Å². The van der Waals surface area contributed by atoms with E-state index in [9.17, 15) is 26.3 Å². The summed E-state index contributed by atoms with van der Waals surface area (Å²) in [5.74, 6) is -4.89. The van der Waals surface area contributed by atoms with E-state index in [2.05, 4.69) is 4.98 Å². The van der Waals surface area contributed by atoms with Gasteiger partial charge in [0.2, 0.25) is 5.92 Å². The van der Waals surface area contributed by atoms with Gasteiger partial charge in [0.25, 0.3) is 0 Å². The van der Waals surface area contributed by atoms with Gasteiger partial charge in [-0.1, -0.05) is 6.07 Å². The molecule has 0 unspecified atom stereocenters. The second-order valence-corrected chi connectivity index (χ2v) is 4.33. The largest absolute Gasteiger partial charge is 0.407 e. The van der Waals surface area contributed by atoms with Crippen molar-refractivity contribution in [2.24, 2.45) is 7.05 Å². The Bertz CT molecular complexity index is 705. The fourth-order valence-electron chi connectivity index (χ4n) is 2.06. The highest BCUT2D eigenvalue weighted by atomic mass is 19.4. The predicted molar refractivity (Wildman–Crippen MR) is 60.3 cm³/mol. The zero-order valence-corrected chi connectivity index (χ0v) is 10.4. The van der Waals surface area contributed by atoms with Crippen molar-refractivity contribution < 1.29 is 26.3 Å². The number of para-hydroxylation sites is 1. The molecule has 0 saturated carbocycles. The first-order chi connectivity index (χ1) is 9.57. The number of rotatable bonds is 1. The summed E-state index contributed by atoms with van der Waals surface area (Å²) in [6.07, 6.45) is -11.1. The van der Waals surface area contributed by atoms with Gasteiger partial charge in [0.15, 0.2) is 0 Å². The second kappa shape index (κ2) is 4.65. The summed E-state index contributed by atoms with van der Waals surface area (Å²) in [5, 5.41) is 8.85. The zero-order valence-electron chi connectivity index (χ0n) is 10.4. The normalized spacial score (nSPS) is 12.9. The molecule has 0 saturated heterocycles. The monoisotopic (exact) mass is 307 g/mol. The molecule has 0 aliphatic rings. The van der Waals surface area contributed by atoms with Crippen molar-refractivity contribution in [1.29, 1.82) is 5.26 Å². The highest BCUT2D eigenvalue weighted by molar-refractivity contribution is 5.82. The lowest BCUT2D eigenvalue weighted by Crippen LogP contribution is -2.36. The molecule has 0 aliphatic carbocycles. The molecular formula is C12H7F6N3. The van der Waals surface area contributed by atoms with E-state index in [1.54, 1.807) is 6.07 Å². The molecular weight excluding hydrogens is 300 g/mol. The van der Waals surface area contributed by atoms with Crippen LogP contribution in [0.2, 0.25) is 0 Å². The van der Waals surface area contributed by atoms with Gasteiger partial charge in [-0.05, 0) is 12.1 Å². The molecule has 0 atom stereocenters. The first kappa shape index (κ1) is 15.2. The van der Waals surface area contributed by atoms with Crippen molar-refractivity contribution in [1.82, 2.24) is 9.55 Å². The molecule has 0 spiro atoms. The van der Waals surface area contributed by atoms with E-state index in [-0.39, 0.29) is 16.6 Å². The van der Waals surface area contributed by atoms with Crippen molar-refractivity contribution in [3.8, 4) is 6.07 Å². The number of hydrogen-bond acceptors (Lipinski definition) is 2. The van der Waals surface area contributed by atoms with Gasteiger partial charge >= 0.3 is 12.4 Å². The van der Waals surface area contributed by atoms with Gasteiger partial charge < -0.3 is 4.57 Å². The average molecular weight is 307 g/mol. The van der Waals surface area contributed by atoms with Crippen molar-refractivity contribution >= 4 is 11.0 Å². The molecule has 0 amide bonds. The molecule has 1 heterocycles. The van der Waals surface area contributed by atoms with Crippen LogP contribution in [0.3, 0.4) is 0 Å². The zero-order chi connectivity index (χ0) is 16.0. The number of hydrogen-bond donors (Lipinski definition) is 0. The Morgan fingerprint density at radius 2 is 1.71 bits per heavy atom. The quantitative estimate of drug-likeness (QED) is 0.755. The summed E-state index contributed by atoms with van der Waals surface area (Å²) in [6.45, 7) is 0. The Labute approximate surface area is 114 Å². The number of imidazole rings is 1. The maximum atomic E-state index is 12.8. The van der Waals surface area contributed by atoms with Gasteiger partial charge in [-0.15, -0.1) is 0 Å². The van der Waals surface area contributed by atoms with Crippen LogP contribution >= 0.6 is 0 Å². The first-order valence-corrected chi connectivity index (χ1v) is 5.56. The Morgan fingerprint density at radius 1 is 1.14 bits per heavy atom. The Hall–Kier alpha value is -2.24. The number of nitriles is 1. The third-order valence-electron chi connectivity index (χ3n) is 2.98. The molecule has 0 bridgehead atoms. The van der Waals surface area contributed by atoms with E-state index in [1.165, 1.54) is 18.2 Å². The molecule has 0 aliphatic heterocycles. The topological polar surface area (TPSA) is 41.6 Å². The fourth-order valence-corrected chi connectivity index (χ4v) is 2.06. The molecule has 9 heteroatoms. The van der Waals surface area contributed by atoms with E-state index in [1.807, 2.05) is 0 Å². The van der Waals surface area contributed by atoms with E-state index in [0.717, 1.165) is 7.05 Å². The van der Waals surface area contributed by atoms with Crippen LogP contribution in [-0.4, -0.2) is 21.9 Å². The van der Waals surface area contributed by atoms with Crippen LogP contribution in [0.5, 0.6) is 0 Å². The predicted octanol–water partition coefficient (Wildman–Crippen LogP) is 3.65. The number of nitrogens with zero attached hydrogens (tertiary/aromatic N) is 3. The average Bonchev–Trinajstić information content (AvgIpc) is 2.63. The van der Waals surface area contributed by atoms with Crippen LogP contribution in [0.1, 0.15) is 17.3 Å². The standard InChI is InChI=1S/C12H7F6N3/c1-21-7-4-2-3-6(5-19)8(7)20-10(21)9(11(13,14)15)12(16,17)18/h2-4,9H,1H3. The number of aryl methyl sites for hydroxylation is 1. The summed E-state index contributed by atoms with van der Waals surface area (Å²) in [4.78, 5) is 3.42. The summed E-state index contributed by atoms with van der Waals surface area (Å²) in [7, 11) is 1.05. The highest BCUT2D eigenvalue weighted by Gasteiger charge is 2.59. The summed E-state index contributed by atoms with van der Waals surface area (Å²) in [6, 6.07) is 5.63. The van der Waals surface area contributed by atoms with E-state index >= 15 is 0 Å².